The van der Waals surface area contributed by atoms with Gasteiger partial charge in [0.15, 0.2) is 14.9 Å². The highest BCUT2D eigenvalue weighted by Crippen LogP contribution is 2.06. The summed E-state index contributed by atoms with van der Waals surface area (Å²) in [5.41, 5.74) is 0. The zero-order valence-electron chi connectivity index (χ0n) is 6.82. The van der Waals surface area contributed by atoms with Gasteiger partial charge in [0.25, 0.3) is 0 Å². The molecular formula is C6H11N3O2S. The van der Waals surface area contributed by atoms with Crippen LogP contribution in [0.15, 0.2) is 11.2 Å². The molecule has 1 heterocycles. The molecule has 0 amide bonds. The highest BCUT2D eigenvalue weighted by atomic mass is 32.2. The topological polar surface area (TPSA) is 75.7 Å². The van der Waals surface area contributed by atoms with E-state index < -0.39 is 9.84 Å². The third-order valence-corrected chi connectivity index (χ3v) is 3.14. The number of rotatable bonds is 4. The highest BCUT2D eigenvalue weighted by molar-refractivity contribution is 7.91. The van der Waals surface area contributed by atoms with E-state index in [1.807, 2.05) is 6.92 Å². The molecule has 0 unspecified atom stereocenters. The third kappa shape index (κ3) is 2.04. The Morgan fingerprint density at radius 1 is 1.58 bits per heavy atom. The van der Waals surface area contributed by atoms with Crippen molar-refractivity contribution in [2.24, 2.45) is 0 Å². The lowest BCUT2D eigenvalue weighted by Gasteiger charge is -1.96. The summed E-state index contributed by atoms with van der Waals surface area (Å²) in [5.74, 6) is 0.149. The molecule has 0 bridgehead atoms. The molecule has 1 N–H and O–H groups in total. The Balaban J connectivity index is 2.74. The molecule has 0 radical (unpaired) electrons. The molecule has 6 heteroatoms. The van der Waals surface area contributed by atoms with E-state index in [4.69, 9.17) is 0 Å². The van der Waals surface area contributed by atoms with Crippen molar-refractivity contribution in [3.63, 3.8) is 0 Å². The monoisotopic (exact) mass is 189 g/mol. The first-order valence-electron chi connectivity index (χ1n) is 3.75. The van der Waals surface area contributed by atoms with Crippen molar-refractivity contribution >= 4 is 9.84 Å². The van der Waals surface area contributed by atoms with Crippen LogP contribution in [0.2, 0.25) is 0 Å². The van der Waals surface area contributed by atoms with E-state index in [9.17, 15) is 8.42 Å². The Bertz CT molecular complexity index is 317. The van der Waals surface area contributed by atoms with Crippen LogP contribution in [0, 0.1) is 0 Å². The van der Waals surface area contributed by atoms with Gasteiger partial charge < -0.3 is 0 Å². The summed E-state index contributed by atoms with van der Waals surface area (Å²) in [6, 6.07) is 0. The van der Waals surface area contributed by atoms with E-state index in [0.717, 1.165) is 6.42 Å². The minimum atomic E-state index is -3.18. The molecule has 0 fully saturated rings. The quantitative estimate of drug-likeness (QED) is 0.742. The zero-order chi connectivity index (χ0) is 9.03. The van der Waals surface area contributed by atoms with Crippen molar-refractivity contribution in [3.8, 4) is 0 Å². The predicted molar refractivity (Wildman–Crippen MR) is 43.3 cm³/mol. The molecule has 0 spiro atoms. The average Bonchev–Trinajstić information content (AvgIpc) is 2.53. The highest BCUT2D eigenvalue weighted by Gasteiger charge is 2.15. The average molecular weight is 189 g/mol. The van der Waals surface area contributed by atoms with Crippen molar-refractivity contribution in [1.29, 1.82) is 0 Å². The van der Waals surface area contributed by atoms with Crippen molar-refractivity contribution in [3.05, 3.63) is 6.20 Å². The number of sulfone groups is 1. The van der Waals surface area contributed by atoms with E-state index in [1.165, 1.54) is 6.20 Å². The van der Waals surface area contributed by atoms with Gasteiger partial charge >= 0.3 is 0 Å². The second-order valence-electron chi connectivity index (χ2n) is 2.48. The Kier molecular flexibility index (Phi) is 2.80. The van der Waals surface area contributed by atoms with E-state index in [-0.39, 0.29) is 10.8 Å². The maximum absolute atomic E-state index is 11.3. The molecule has 0 aromatic carbocycles. The third-order valence-electron chi connectivity index (χ3n) is 1.48. The lowest BCUT2D eigenvalue weighted by atomic mass is 10.4. The second kappa shape index (κ2) is 3.66. The van der Waals surface area contributed by atoms with Crippen LogP contribution in [-0.2, 0) is 9.84 Å². The Labute approximate surface area is 71.1 Å². The molecule has 1 rings (SSSR count). The smallest absolute Gasteiger partial charge is 0.199 e. The van der Waals surface area contributed by atoms with Crippen LogP contribution < -0.4 is 0 Å². The summed E-state index contributed by atoms with van der Waals surface area (Å²) in [4.78, 5) is 0. The number of nitrogens with one attached hydrogen (secondary N) is 1. The molecule has 0 aliphatic rings. The molecule has 0 saturated carbocycles. The molecule has 1 aromatic rings. The molecule has 68 valence electrons. The van der Waals surface area contributed by atoms with E-state index in [2.05, 4.69) is 15.4 Å². The Morgan fingerprint density at radius 3 is 2.83 bits per heavy atom. The lowest BCUT2D eigenvalue weighted by Crippen LogP contribution is -2.06. The van der Waals surface area contributed by atoms with Gasteiger partial charge in [0.2, 0.25) is 0 Å². The molecule has 0 aliphatic carbocycles. The first-order valence-corrected chi connectivity index (χ1v) is 5.40. The molecule has 12 heavy (non-hydrogen) atoms. The molecule has 5 nitrogen and oxygen atoms in total. The standard InChI is InChI=1S/C6H11N3O2S/c1-2-3-4-12(10,11)6-5-7-9-8-6/h5H,2-4H2,1H3,(H,7,8,9). The van der Waals surface area contributed by atoms with Gasteiger partial charge in [0.1, 0.15) is 0 Å². The minimum Gasteiger partial charge on any atom is -0.222 e. The van der Waals surface area contributed by atoms with Gasteiger partial charge in [0, 0.05) is 0 Å². The van der Waals surface area contributed by atoms with Crippen LogP contribution in [-0.4, -0.2) is 29.6 Å². The van der Waals surface area contributed by atoms with E-state index in [1.54, 1.807) is 0 Å². The molecule has 0 atom stereocenters. The first kappa shape index (κ1) is 9.18. The van der Waals surface area contributed by atoms with Gasteiger partial charge in [-0.25, -0.2) is 8.42 Å². The second-order valence-corrected chi connectivity index (χ2v) is 4.54. The first-order chi connectivity index (χ1) is 5.67. The van der Waals surface area contributed by atoms with Crippen molar-refractivity contribution < 1.29 is 8.42 Å². The largest absolute Gasteiger partial charge is 0.222 e. The Hall–Kier alpha value is -0.910. The van der Waals surface area contributed by atoms with E-state index in [0.29, 0.717) is 6.42 Å². The summed E-state index contributed by atoms with van der Waals surface area (Å²) in [7, 11) is -3.18. The lowest BCUT2D eigenvalue weighted by molar-refractivity contribution is 0.588. The molecule has 0 aliphatic heterocycles. The maximum atomic E-state index is 11.3. The van der Waals surface area contributed by atoms with Gasteiger partial charge in [-0.05, 0) is 6.42 Å². The predicted octanol–water partition coefficient (Wildman–Crippen LogP) is 0.378. The molecular weight excluding hydrogens is 178 g/mol. The Morgan fingerprint density at radius 2 is 2.33 bits per heavy atom. The van der Waals surface area contributed by atoms with Crippen LogP contribution in [0.3, 0.4) is 0 Å². The zero-order valence-corrected chi connectivity index (χ0v) is 7.63. The van der Waals surface area contributed by atoms with Gasteiger partial charge in [-0.3, -0.25) is 0 Å². The summed E-state index contributed by atoms with van der Waals surface area (Å²) in [6.07, 6.45) is 2.75. The van der Waals surface area contributed by atoms with Crippen molar-refractivity contribution in [1.82, 2.24) is 15.4 Å². The van der Waals surface area contributed by atoms with Gasteiger partial charge in [-0.15, -0.1) is 5.10 Å². The number of unbranched alkanes of at least 4 members (excludes halogenated alkanes) is 1. The fourth-order valence-corrected chi connectivity index (χ4v) is 2.05. The number of nitrogens with zero attached hydrogens (tertiary/aromatic N) is 2. The summed E-state index contributed by atoms with van der Waals surface area (Å²) < 4.78 is 22.7. The number of aromatic amines is 1. The minimum absolute atomic E-state index is 0.0379. The normalized spacial score (nSPS) is 11.8. The van der Waals surface area contributed by atoms with Crippen LogP contribution >= 0.6 is 0 Å². The number of hydrogen-bond acceptors (Lipinski definition) is 4. The number of H-pyrrole nitrogens is 1. The summed E-state index contributed by atoms with van der Waals surface area (Å²) in [5, 5.41) is 9.27. The number of aromatic nitrogens is 3. The molecule has 0 saturated heterocycles. The van der Waals surface area contributed by atoms with Gasteiger partial charge in [-0.2, -0.15) is 10.3 Å². The van der Waals surface area contributed by atoms with E-state index >= 15 is 0 Å². The number of hydrogen-bond donors (Lipinski definition) is 1. The summed E-state index contributed by atoms with van der Waals surface area (Å²) in [6.45, 7) is 1.94. The molecule has 1 aromatic heterocycles. The maximum Gasteiger partial charge on any atom is 0.199 e. The van der Waals surface area contributed by atoms with Gasteiger partial charge in [-0.1, -0.05) is 13.3 Å². The van der Waals surface area contributed by atoms with Crippen molar-refractivity contribution in [2.75, 3.05) is 5.75 Å². The summed E-state index contributed by atoms with van der Waals surface area (Å²) >= 11 is 0. The van der Waals surface area contributed by atoms with Crippen LogP contribution in [0.1, 0.15) is 19.8 Å². The van der Waals surface area contributed by atoms with Crippen LogP contribution in [0.25, 0.3) is 0 Å². The fourth-order valence-electron chi connectivity index (χ4n) is 0.780. The van der Waals surface area contributed by atoms with Crippen molar-refractivity contribution in [2.45, 2.75) is 24.8 Å². The fraction of sp³-hybridized carbons (Fsp3) is 0.667. The van der Waals surface area contributed by atoms with Gasteiger partial charge in [0.05, 0.1) is 11.9 Å². The van der Waals surface area contributed by atoms with Crippen LogP contribution in [0.5, 0.6) is 0 Å². The van der Waals surface area contributed by atoms with Crippen LogP contribution in [0.4, 0.5) is 0 Å². The SMILES string of the molecule is CCCCS(=O)(=O)c1cn[nH]n1.